The number of fused-ring (bicyclic) bond motifs is 1. The van der Waals surface area contributed by atoms with Gasteiger partial charge in [-0.25, -0.2) is 4.39 Å². The second kappa shape index (κ2) is 3.75. The number of rotatable bonds is 1. The van der Waals surface area contributed by atoms with Crippen molar-refractivity contribution in [1.29, 1.82) is 0 Å². The van der Waals surface area contributed by atoms with E-state index in [4.69, 9.17) is 5.73 Å². The molecule has 2 N–H and O–H groups in total. The van der Waals surface area contributed by atoms with Crippen LogP contribution in [0.15, 0.2) is 18.2 Å². The third-order valence-electron chi connectivity index (χ3n) is 2.30. The topological polar surface area (TPSA) is 46.3 Å². The highest BCUT2D eigenvalue weighted by molar-refractivity contribution is 7.21. The van der Waals surface area contributed by atoms with E-state index in [1.165, 1.54) is 22.3 Å². The Kier molecular flexibility index (Phi) is 2.55. The molecule has 1 heterocycles. The monoisotopic (exact) mass is 238 g/mol. The fourth-order valence-corrected chi connectivity index (χ4v) is 2.65. The van der Waals surface area contributed by atoms with Gasteiger partial charge in [-0.1, -0.05) is 6.07 Å². The lowest BCUT2D eigenvalue weighted by atomic mass is 10.2. The zero-order valence-corrected chi connectivity index (χ0v) is 9.77. The van der Waals surface area contributed by atoms with Gasteiger partial charge in [0.15, 0.2) is 0 Å². The predicted octanol–water partition coefficient (Wildman–Crippen LogP) is 2.32. The first-order valence-corrected chi connectivity index (χ1v) is 5.52. The van der Waals surface area contributed by atoms with Crippen LogP contribution >= 0.6 is 11.3 Å². The highest BCUT2D eigenvalue weighted by Crippen LogP contribution is 2.35. The van der Waals surface area contributed by atoms with Crippen LogP contribution in [-0.2, 0) is 0 Å². The van der Waals surface area contributed by atoms with Gasteiger partial charge >= 0.3 is 0 Å². The molecule has 84 valence electrons. The summed E-state index contributed by atoms with van der Waals surface area (Å²) in [5.41, 5.74) is 6.03. The van der Waals surface area contributed by atoms with E-state index in [9.17, 15) is 9.18 Å². The van der Waals surface area contributed by atoms with Gasteiger partial charge in [0.1, 0.15) is 10.7 Å². The molecular formula is C11H11FN2OS. The molecule has 0 spiro atoms. The van der Waals surface area contributed by atoms with Crippen molar-refractivity contribution < 1.29 is 9.18 Å². The van der Waals surface area contributed by atoms with Gasteiger partial charge in [0.05, 0.1) is 11.1 Å². The smallest absolute Gasteiger partial charge is 0.265 e. The Labute approximate surface area is 96.3 Å². The molecule has 0 fully saturated rings. The standard InChI is InChI=1S/C11H11FN2OS/c1-14(2)11(15)10-9(13)8-6(12)4-3-5-7(8)16-10/h3-5H,13H2,1-2H3. The van der Waals surface area contributed by atoms with E-state index in [1.807, 2.05) is 0 Å². The van der Waals surface area contributed by atoms with Gasteiger partial charge in [-0.3, -0.25) is 4.79 Å². The van der Waals surface area contributed by atoms with E-state index in [1.54, 1.807) is 26.2 Å². The zero-order chi connectivity index (χ0) is 11.9. The van der Waals surface area contributed by atoms with E-state index in [2.05, 4.69) is 0 Å². The van der Waals surface area contributed by atoms with Crippen molar-refractivity contribution in [3.05, 3.63) is 28.9 Å². The third-order valence-corrected chi connectivity index (χ3v) is 3.46. The van der Waals surface area contributed by atoms with Crippen molar-refractivity contribution in [3.63, 3.8) is 0 Å². The van der Waals surface area contributed by atoms with Crippen molar-refractivity contribution in [2.24, 2.45) is 0 Å². The first-order chi connectivity index (χ1) is 7.52. The average molecular weight is 238 g/mol. The number of halogens is 1. The maximum Gasteiger partial charge on any atom is 0.265 e. The molecule has 1 amide bonds. The average Bonchev–Trinajstić information content (AvgIpc) is 2.56. The summed E-state index contributed by atoms with van der Waals surface area (Å²) in [5, 5.41) is 0.345. The zero-order valence-electron chi connectivity index (χ0n) is 8.95. The van der Waals surface area contributed by atoms with E-state index in [0.29, 0.717) is 15.0 Å². The lowest BCUT2D eigenvalue weighted by Crippen LogP contribution is -2.21. The number of amides is 1. The molecule has 0 aliphatic heterocycles. The van der Waals surface area contributed by atoms with Crippen molar-refractivity contribution in [2.45, 2.75) is 0 Å². The van der Waals surface area contributed by atoms with Crippen LogP contribution in [0.3, 0.4) is 0 Å². The van der Waals surface area contributed by atoms with Gasteiger partial charge in [-0.2, -0.15) is 0 Å². The number of benzene rings is 1. The number of thiophene rings is 1. The van der Waals surface area contributed by atoms with Gasteiger partial charge in [-0.05, 0) is 12.1 Å². The van der Waals surface area contributed by atoms with Gasteiger partial charge in [0.25, 0.3) is 5.91 Å². The molecule has 0 saturated carbocycles. The van der Waals surface area contributed by atoms with Gasteiger partial charge in [0.2, 0.25) is 0 Å². The van der Waals surface area contributed by atoms with E-state index in [-0.39, 0.29) is 17.4 Å². The van der Waals surface area contributed by atoms with E-state index >= 15 is 0 Å². The number of nitrogens with zero attached hydrogens (tertiary/aromatic N) is 1. The Morgan fingerprint density at radius 1 is 1.44 bits per heavy atom. The van der Waals surface area contributed by atoms with Crippen LogP contribution in [0.4, 0.5) is 10.1 Å². The summed E-state index contributed by atoms with van der Waals surface area (Å²) in [4.78, 5) is 13.6. The number of carbonyl (C=O) groups is 1. The second-order valence-corrected chi connectivity index (χ2v) is 4.71. The van der Waals surface area contributed by atoms with Gasteiger partial charge in [-0.15, -0.1) is 11.3 Å². The Bertz CT molecular complexity index is 562. The molecule has 0 radical (unpaired) electrons. The predicted molar refractivity (Wildman–Crippen MR) is 64.2 cm³/mol. The highest BCUT2D eigenvalue weighted by Gasteiger charge is 2.19. The lowest BCUT2D eigenvalue weighted by Gasteiger charge is -2.08. The minimum Gasteiger partial charge on any atom is -0.397 e. The molecule has 1 aromatic heterocycles. The van der Waals surface area contributed by atoms with Crippen LogP contribution < -0.4 is 5.73 Å². The largest absolute Gasteiger partial charge is 0.397 e. The summed E-state index contributed by atoms with van der Waals surface area (Å²) >= 11 is 1.22. The molecule has 0 unspecified atom stereocenters. The lowest BCUT2D eigenvalue weighted by molar-refractivity contribution is 0.0833. The normalized spacial score (nSPS) is 10.7. The molecular weight excluding hydrogens is 227 g/mol. The quantitative estimate of drug-likeness (QED) is 0.828. The van der Waals surface area contributed by atoms with Gasteiger partial charge in [0, 0.05) is 18.8 Å². The third kappa shape index (κ3) is 1.53. The summed E-state index contributed by atoms with van der Waals surface area (Å²) < 4.78 is 14.2. The molecule has 2 rings (SSSR count). The fourth-order valence-electron chi connectivity index (χ4n) is 1.49. The van der Waals surface area contributed by atoms with Crippen molar-refractivity contribution in [2.75, 3.05) is 19.8 Å². The van der Waals surface area contributed by atoms with Gasteiger partial charge < -0.3 is 10.6 Å². The Balaban J connectivity index is 2.70. The summed E-state index contributed by atoms with van der Waals surface area (Å²) in [5.74, 6) is -0.581. The molecule has 0 atom stereocenters. The summed E-state index contributed by atoms with van der Waals surface area (Å²) in [7, 11) is 3.28. The van der Waals surface area contributed by atoms with E-state index < -0.39 is 0 Å². The molecule has 1 aromatic carbocycles. The minimum absolute atomic E-state index is 0.196. The number of nitrogen functional groups attached to an aromatic ring is 1. The maximum absolute atomic E-state index is 13.5. The van der Waals surface area contributed by atoms with Crippen LogP contribution in [0.5, 0.6) is 0 Å². The van der Waals surface area contributed by atoms with Crippen LogP contribution in [0, 0.1) is 5.82 Å². The molecule has 0 bridgehead atoms. The molecule has 0 saturated heterocycles. The second-order valence-electron chi connectivity index (χ2n) is 3.66. The first-order valence-electron chi connectivity index (χ1n) is 4.70. The number of hydrogen-bond donors (Lipinski definition) is 1. The van der Waals surface area contributed by atoms with Crippen LogP contribution in [0.25, 0.3) is 10.1 Å². The number of hydrogen-bond acceptors (Lipinski definition) is 3. The number of carbonyl (C=O) groups excluding carboxylic acids is 1. The minimum atomic E-state index is -0.385. The van der Waals surface area contributed by atoms with Crippen LogP contribution in [-0.4, -0.2) is 24.9 Å². The maximum atomic E-state index is 13.5. The summed E-state index contributed by atoms with van der Waals surface area (Å²) in [6, 6.07) is 4.71. The fraction of sp³-hybridized carbons (Fsp3) is 0.182. The molecule has 2 aromatic rings. The Morgan fingerprint density at radius 2 is 2.12 bits per heavy atom. The Morgan fingerprint density at radius 3 is 2.69 bits per heavy atom. The summed E-state index contributed by atoms with van der Waals surface area (Å²) in [6.07, 6.45) is 0. The van der Waals surface area contributed by atoms with Crippen LogP contribution in [0.2, 0.25) is 0 Å². The highest BCUT2D eigenvalue weighted by atomic mass is 32.1. The molecule has 16 heavy (non-hydrogen) atoms. The van der Waals surface area contributed by atoms with Crippen molar-refractivity contribution in [3.8, 4) is 0 Å². The number of anilines is 1. The molecule has 0 aliphatic carbocycles. The summed E-state index contributed by atoms with van der Waals surface area (Å²) in [6.45, 7) is 0. The number of nitrogens with two attached hydrogens (primary N) is 1. The molecule has 3 nitrogen and oxygen atoms in total. The van der Waals surface area contributed by atoms with E-state index in [0.717, 1.165) is 0 Å². The Hall–Kier alpha value is -1.62. The molecule has 5 heteroatoms. The van der Waals surface area contributed by atoms with Crippen LogP contribution in [0.1, 0.15) is 9.67 Å². The van der Waals surface area contributed by atoms with Crippen molar-refractivity contribution >= 4 is 33.0 Å². The SMILES string of the molecule is CN(C)C(=O)c1sc2cccc(F)c2c1N. The first kappa shape index (κ1) is 10.9. The molecule has 0 aliphatic rings. The van der Waals surface area contributed by atoms with Crippen molar-refractivity contribution in [1.82, 2.24) is 4.90 Å².